The molecule has 0 aliphatic rings. The molecule has 1 rings (SSSR count). The maximum absolute atomic E-state index is 11.2. The van der Waals surface area contributed by atoms with E-state index in [-0.39, 0.29) is 5.75 Å². The zero-order valence-corrected chi connectivity index (χ0v) is 10.2. The number of phenols is 1. The number of carbonyl (C=O) groups excluding carboxylic acids is 2. The van der Waals surface area contributed by atoms with Gasteiger partial charge in [-0.15, -0.1) is 11.8 Å². The summed E-state index contributed by atoms with van der Waals surface area (Å²) in [5.74, 6) is -0.765. The van der Waals surface area contributed by atoms with Crippen LogP contribution in [0.3, 0.4) is 0 Å². The van der Waals surface area contributed by atoms with Crippen molar-refractivity contribution in [2.75, 3.05) is 12.4 Å². The van der Waals surface area contributed by atoms with Crippen molar-refractivity contribution < 1.29 is 14.7 Å². The molecule has 3 N–H and O–H groups in total. The van der Waals surface area contributed by atoms with Gasteiger partial charge in [0.2, 0.25) is 0 Å². The van der Waals surface area contributed by atoms with E-state index >= 15 is 0 Å². The molecule has 1 aromatic carbocycles. The van der Waals surface area contributed by atoms with Gasteiger partial charge in [-0.25, -0.2) is 0 Å². The minimum atomic E-state index is -0.641. The summed E-state index contributed by atoms with van der Waals surface area (Å²) in [6.07, 6.45) is 0. The summed E-state index contributed by atoms with van der Waals surface area (Å²) >= 11 is 1.37. The smallest absolute Gasteiger partial charge is 0.309 e. The van der Waals surface area contributed by atoms with Crippen molar-refractivity contribution in [1.82, 2.24) is 10.6 Å². The monoisotopic (exact) mass is 254 g/mol. The van der Waals surface area contributed by atoms with E-state index in [1.807, 2.05) is 0 Å². The number of amides is 2. The first-order valence-corrected chi connectivity index (χ1v) is 6.10. The summed E-state index contributed by atoms with van der Waals surface area (Å²) in [7, 11) is 0. The van der Waals surface area contributed by atoms with Crippen molar-refractivity contribution in [2.24, 2.45) is 0 Å². The molecule has 0 saturated carbocycles. The zero-order valence-electron chi connectivity index (χ0n) is 9.40. The second-order valence-electron chi connectivity index (χ2n) is 3.15. The van der Waals surface area contributed by atoms with Gasteiger partial charge in [0, 0.05) is 11.4 Å². The van der Waals surface area contributed by atoms with Gasteiger partial charge in [0.1, 0.15) is 5.75 Å². The lowest BCUT2D eigenvalue weighted by Gasteiger charge is -2.04. The minimum Gasteiger partial charge on any atom is -0.508 e. The van der Waals surface area contributed by atoms with Crippen molar-refractivity contribution in [1.29, 1.82) is 0 Å². The molecule has 2 amide bonds. The van der Waals surface area contributed by atoms with Gasteiger partial charge in [0.05, 0.1) is 5.88 Å². The molecule has 0 aliphatic carbocycles. The molecule has 0 aromatic heterocycles. The molecule has 0 aliphatic heterocycles. The van der Waals surface area contributed by atoms with Gasteiger partial charge in [-0.05, 0) is 31.2 Å². The lowest BCUT2D eigenvalue weighted by Crippen LogP contribution is -2.39. The molecule has 17 heavy (non-hydrogen) atoms. The third kappa shape index (κ3) is 4.78. The highest BCUT2D eigenvalue weighted by molar-refractivity contribution is 7.99. The van der Waals surface area contributed by atoms with Gasteiger partial charge < -0.3 is 15.7 Å². The van der Waals surface area contributed by atoms with Crippen LogP contribution < -0.4 is 10.6 Å². The van der Waals surface area contributed by atoms with E-state index in [9.17, 15) is 9.59 Å². The third-order valence-electron chi connectivity index (χ3n) is 1.85. The molecule has 0 spiro atoms. The number of aromatic hydroxyl groups is 1. The molecule has 0 saturated heterocycles. The Labute approximate surface area is 104 Å². The molecule has 92 valence electrons. The number of hydrogen-bond acceptors (Lipinski definition) is 4. The summed E-state index contributed by atoms with van der Waals surface area (Å²) in [6.45, 7) is 2.17. The second kappa shape index (κ2) is 6.80. The van der Waals surface area contributed by atoms with E-state index in [1.54, 1.807) is 31.2 Å². The molecule has 0 bridgehead atoms. The summed E-state index contributed by atoms with van der Waals surface area (Å²) in [5, 5.41) is 14.0. The van der Waals surface area contributed by atoms with Gasteiger partial charge in [-0.1, -0.05) is 0 Å². The van der Waals surface area contributed by atoms with E-state index in [0.29, 0.717) is 12.4 Å². The normalized spacial score (nSPS) is 9.71. The Morgan fingerprint density at radius 1 is 1.18 bits per heavy atom. The Kier molecular flexibility index (Phi) is 5.35. The Morgan fingerprint density at radius 3 is 2.35 bits per heavy atom. The average Bonchev–Trinajstić information content (AvgIpc) is 2.32. The van der Waals surface area contributed by atoms with Crippen molar-refractivity contribution in [3.63, 3.8) is 0 Å². The number of benzene rings is 1. The number of rotatable bonds is 4. The maximum atomic E-state index is 11.2. The quantitative estimate of drug-likeness (QED) is 0.420. The molecule has 0 heterocycles. The fourth-order valence-electron chi connectivity index (χ4n) is 1.05. The topological polar surface area (TPSA) is 78.4 Å². The Morgan fingerprint density at radius 2 is 1.76 bits per heavy atom. The molecule has 6 heteroatoms. The predicted octanol–water partition coefficient (Wildman–Crippen LogP) is 0.694. The number of nitrogens with one attached hydrogen (secondary N) is 2. The Hall–Kier alpha value is -1.69. The Balaban J connectivity index is 2.30. The van der Waals surface area contributed by atoms with Gasteiger partial charge in [-0.3, -0.25) is 9.59 Å². The first-order valence-electron chi connectivity index (χ1n) is 5.11. The van der Waals surface area contributed by atoms with E-state index in [0.717, 1.165) is 4.90 Å². The average molecular weight is 254 g/mol. The fraction of sp³-hybridized carbons (Fsp3) is 0.273. The van der Waals surface area contributed by atoms with E-state index in [1.165, 1.54) is 11.8 Å². The highest BCUT2D eigenvalue weighted by Crippen LogP contribution is 2.19. The van der Waals surface area contributed by atoms with Crippen LogP contribution >= 0.6 is 11.8 Å². The van der Waals surface area contributed by atoms with Crippen molar-refractivity contribution >= 4 is 23.6 Å². The van der Waals surface area contributed by atoms with Crippen molar-refractivity contribution in [2.45, 2.75) is 11.8 Å². The number of likely N-dealkylation sites (N-methyl/N-ethyl adjacent to an activating group) is 1. The summed E-state index contributed by atoms with van der Waals surface area (Å²) < 4.78 is 0. The van der Waals surface area contributed by atoms with Gasteiger partial charge in [0.15, 0.2) is 0 Å². The van der Waals surface area contributed by atoms with E-state index in [2.05, 4.69) is 10.6 Å². The third-order valence-corrected chi connectivity index (χ3v) is 2.75. The summed E-state index contributed by atoms with van der Waals surface area (Å²) in [4.78, 5) is 23.2. The van der Waals surface area contributed by atoms with Gasteiger partial charge >= 0.3 is 11.8 Å². The molecule has 1 aromatic rings. The fourth-order valence-corrected chi connectivity index (χ4v) is 1.75. The van der Waals surface area contributed by atoms with Crippen molar-refractivity contribution in [3.8, 4) is 5.75 Å². The minimum absolute atomic E-state index is 0.195. The summed E-state index contributed by atoms with van der Waals surface area (Å²) in [5.41, 5.74) is 0. The highest BCUT2D eigenvalue weighted by Gasteiger charge is 2.10. The molecule has 0 fully saturated rings. The lowest BCUT2D eigenvalue weighted by atomic mass is 10.3. The van der Waals surface area contributed by atoms with Crippen LogP contribution in [0.4, 0.5) is 0 Å². The number of phenolic OH excluding ortho intramolecular Hbond substituents is 1. The maximum Gasteiger partial charge on any atom is 0.309 e. The Bertz CT molecular complexity index is 392. The lowest BCUT2D eigenvalue weighted by molar-refractivity contribution is -0.138. The van der Waals surface area contributed by atoms with Crippen LogP contribution in [-0.2, 0) is 9.59 Å². The number of carbonyl (C=O) groups is 2. The summed E-state index contributed by atoms with van der Waals surface area (Å²) in [6, 6.07) is 6.60. The molecule has 0 radical (unpaired) electrons. The van der Waals surface area contributed by atoms with Crippen molar-refractivity contribution in [3.05, 3.63) is 24.3 Å². The second-order valence-corrected chi connectivity index (χ2v) is 4.20. The number of thioether (sulfide) groups is 1. The van der Waals surface area contributed by atoms with Crippen LogP contribution in [0.2, 0.25) is 0 Å². The van der Waals surface area contributed by atoms with E-state index in [4.69, 9.17) is 5.11 Å². The molecule has 5 nitrogen and oxygen atoms in total. The standard InChI is InChI=1S/C11H14N2O3S/c1-2-12-10(15)11(16)13-7-17-9-5-3-8(14)4-6-9/h3-6,14H,2,7H2,1H3,(H,12,15)(H,13,16). The van der Waals surface area contributed by atoms with Crippen LogP contribution in [0.5, 0.6) is 5.75 Å². The number of hydrogen-bond donors (Lipinski definition) is 3. The largest absolute Gasteiger partial charge is 0.508 e. The molecular weight excluding hydrogens is 240 g/mol. The molecule has 0 unspecified atom stereocenters. The SMILES string of the molecule is CCNC(=O)C(=O)NCSc1ccc(O)cc1. The van der Waals surface area contributed by atoms with Crippen LogP contribution in [0.1, 0.15) is 6.92 Å². The molecule has 0 atom stereocenters. The van der Waals surface area contributed by atoms with Crippen LogP contribution in [-0.4, -0.2) is 29.3 Å². The van der Waals surface area contributed by atoms with E-state index < -0.39 is 11.8 Å². The van der Waals surface area contributed by atoms with Crippen LogP contribution in [0.15, 0.2) is 29.2 Å². The van der Waals surface area contributed by atoms with Gasteiger partial charge in [0.25, 0.3) is 0 Å². The highest BCUT2D eigenvalue weighted by atomic mass is 32.2. The zero-order chi connectivity index (χ0) is 12.7. The first-order chi connectivity index (χ1) is 8.13. The first kappa shape index (κ1) is 13.4. The molecular formula is C11H14N2O3S. The van der Waals surface area contributed by atoms with Gasteiger partial charge in [-0.2, -0.15) is 0 Å². The predicted molar refractivity (Wildman–Crippen MR) is 65.7 cm³/mol. The van der Waals surface area contributed by atoms with Crippen LogP contribution in [0.25, 0.3) is 0 Å². The van der Waals surface area contributed by atoms with Crippen LogP contribution in [0, 0.1) is 0 Å².